The number of thiophene rings is 1. The van der Waals surface area contributed by atoms with Crippen LogP contribution in [0.25, 0.3) is 15.9 Å². The highest BCUT2D eigenvalue weighted by Gasteiger charge is 2.18. The molecular formula is C18H12Cl2N4O3S2. The van der Waals surface area contributed by atoms with Crippen molar-refractivity contribution < 1.29 is 9.32 Å². The van der Waals surface area contributed by atoms with Crippen LogP contribution in [0.3, 0.4) is 0 Å². The second kappa shape index (κ2) is 8.19. The maximum atomic E-state index is 13.1. The summed E-state index contributed by atoms with van der Waals surface area (Å²) in [7, 11) is 0. The molecule has 0 aliphatic heterocycles. The van der Waals surface area contributed by atoms with Crippen molar-refractivity contribution in [2.75, 3.05) is 11.1 Å². The zero-order valence-corrected chi connectivity index (χ0v) is 18.0. The van der Waals surface area contributed by atoms with Crippen LogP contribution in [0, 0.1) is 6.92 Å². The van der Waals surface area contributed by atoms with E-state index >= 15 is 0 Å². The van der Waals surface area contributed by atoms with E-state index in [1.165, 1.54) is 15.9 Å². The third kappa shape index (κ3) is 4.04. The summed E-state index contributed by atoms with van der Waals surface area (Å²) in [6.07, 6.45) is 0. The van der Waals surface area contributed by atoms with Crippen LogP contribution in [-0.4, -0.2) is 26.4 Å². The van der Waals surface area contributed by atoms with Crippen molar-refractivity contribution in [3.05, 3.63) is 61.9 Å². The van der Waals surface area contributed by atoms with Gasteiger partial charge in [0.25, 0.3) is 5.56 Å². The standard InChI is InChI=1S/C18H12Cl2N4O3S2/c1-9-7-13(23-27-9)22-14(25)8-29-18-21-11-5-6-28-16(11)17(26)24(18)12-4-2-3-10(19)15(12)20/h2-7H,8H2,1H3,(H,22,23,25). The first kappa shape index (κ1) is 20.0. The molecule has 1 aromatic carbocycles. The summed E-state index contributed by atoms with van der Waals surface area (Å²) < 4.78 is 6.80. The van der Waals surface area contributed by atoms with Gasteiger partial charge in [-0.05, 0) is 30.5 Å². The van der Waals surface area contributed by atoms with E-state index in [1.807, 2.05) is 0 Å². The number of thioether (sulfide) groups is 1. The first-order chi connectivity index (χ1) is 13.9. The zero-order chi connectivity index (χ0) is 20.5. The fourth-order valence-corrected chi connectivity index (χ4v) is 4.55. The highest BCUT2D eigenvalue weighted by atomic mass is 35.5. The lowest BCUT2D eigenvalue weighted by atomic mass is 10.3. The van der Waals surface area contributed by atoms with Crippen LogP contribution in [0.15, 0.2) is 50.2 Å². The summed E-state index contributed by atoms with van der Waals surface area (Å²) in [5.41, 5.74) is 0.690. The summed E-state index contributed by atoms with van der Waals surface area (Å²) in [4.78, 5) is 29.9. The van der Waals surface area contributed by atoms with Gasteiger partial charge in [0.05, 0.1) is 27.0 Å². The first-order valence-electron chi connectivity index (χ1n) is 8.24. The molecular weight excluding hydrogens is 455 g/mol. The minimum absolute atomic E-state index is 0.00613. The van der Waals surface area contributed by atoms with E-state index in [0.717, 1.165) is 11.8 Å². The normalized spacial score (nSPS) is 11.1. The molecule has 1 amide bonds. The van der Waals surface area contributed by atoms with E-state index in [1.54, 1.807) is 42.6 Å². The van der Waals surface area contributed by atoms with Gasteiger partial charge in [0.2, 0.25) is 5.91 Å². The Morgan fingerprint density at radius 3 is 2.93 bits per heavy atom. The lowest BCUT2D eigenvalue weighted by Gasteiger charge is -2.13. The zero-order valence-electron chi connectivity index (χ0n) is 14.8. The largest absolute Gasteiger partial charge is 0.360 e. The Balaban J connectivity index is 1.70. The predicted octanol–water partition coefficient (Wildman–Crippen LogP) is 4.78. The number of nitrogens with one attached hydrogen (secondary N) is 1. The Bertz CT molecular complexity index is 1280. The average Bonchev–Trinajstić information content (AvgIpc) is 3.32. The number of nitrogens with zero attached hydrogens (tertiary/aromatic N) is 3. The molecule has 4 rings (SSSR count). The molecule has 0 bridgehead atoms. The SMILES string of the molecule is Cc1cc(NC(=O)CSc2nc3ccsc3c(=O)n2-c2cccc(Cl)c2Cl)no1. The van der Waals surface area contributed by atoms with E-state index in [0.29, 0.717) is 37.7 Å². The molecule has 0 fully saturated rings. The fourth-order valence-electron chi connectivity index (χ4n) is 2.60. The van der Waals surface area contributed by atoms with Gasteiger partial charge in [-0.25, -0.2) is 4.98 Å². The summed E-state index contributed by atoms with van der Waals surface area (Å²) in [6.45, 7) is 1.73. The summed E-state index contributed by atoms with van der Waals surface area (Å²) in [5, 5.41) is 9.03. The molecule has 0 saturated heterocycles. The summed E-state index contributed by atoms with van der Waals surface area (Å²) in [6, 6.07) is 8.38. The quantitative estimate of drug-likeness (QED) is 0.336. The Morgan fingerprint density at radius 1 is 1.34 bits per heavy atom. The van der Waals surface area contributed by atoms with E-state index in [9.17, 15) is 9.59 Å². The van der Waals surface area contributed by atoms with Gasteiger partial charge in [0, 0.05) is 6.07 Å². The van der Waals surface area contributed by atoms with Gasteiger partial charge in [-0.3, -0.25) is 14.2 Å². The van der Waals surface area contributed by atoms with Crippen LogP contribution >= 0.6 is 46.3 Å². The van der Waals surface area contributed by atoms with Gasteiger partial charge in [-0.1, -0.05) is 46.2 Å². The molecule has 11 heteroatoms. The van der Waals surface area contributed by atoms with Crippen molar-refractivity contribution in [1.29, 1.82) is 0 Å². The van der Waals surface area contributed by atoms with Crippen molar-refractivity contribution in [3.63, 3.8) is 0 Å². The number of carbonyl (C=O) groups is 1. The molecule has 1 N–H and O–H groups in total. The van der Waals surface area contributed by atoms with Crippen LogP contribution in [0.5, 0.6) is 0 Å². The van der Waals surface area contributed by atoms with Gasteiger partial charge in [-0.2, -0.15) is 0 Å². The second-order valence-electron chi connectivity index (χ2n) is 5.90. The van der Waals surface area contributed by atoms with Gasteiger partial charge >= 0.3 is 0 Å². The minimum Gasteiger partial charge on any atom is -0.360 e. The number of aryl methyl sites for hydroxylation is 1. The van der Waals surface area contributed by atoms with E-state index in [4.69, 9.17) is 27.7 Å². The van der Waals surface area contributed by atoms with Crippen molar-refractivity contribution in [2.24, 2.45) is 0 Å². The third-order valence-corrected chi connectivity index (χ3v) is 6.49. The van der Waals surface area contributed by atoms with Crippen LogP contribution in [0.4, 0.5) is 5.82 Å². The number of fused-ring (bicyclic) bond motifs is 1. The van der Waals surface area contributed by atoms with Gasteiger partial charge in [0.15, 0.2) is 11.0 Å². The molecule has 0 spiro atoms. The minimum atomic E-state index is -0.313. The van der Waals surface area contributed by atoms with Crippen LogP contribution in [0.1, 0.15) is 5.76 Å². The molecule has 0 saturated carbocycles. The molecule has 3 heterocycles. The molecule has 29 heavy (non-hydrogen) atoms. The van der Waals surface area contributed by atoms with Crippen molar-refractivity contribution >= 4 is 68.2 Å². The number of anilines is 1. The Kier molecular flexibility index (Phi) is 5.64. The molecule has 0 atom stereocenters. The lowest BCUT2D eigenvalue weighted by Crippen LogP contribution is -2.22. The predicted molar refractivity (Wildman–Crippen MR) is 116 cm³/mol. The van der Waals surface area contributed by atoms with Crippen LogP contribution < -0.4 is 10.9 Å². The summed E-state index contributed by atoms with van der Waals surface area (Å²) in [5.74, 6) is 0.602. The fraction of sp³-hybridized carbons (Fsp3) is 0.111. The molecule has 0 unspecified atom stereocenters. The van der Waals surface area contributed by atoms with E-state index in [2.05, 4.69) is 15.5 Å². The van der Waals surface area contributed by atoms with Gasteiger partial charge in [0.1, 0.15) is 10.5 Å². The Hall–Kier alpha value is -2.33. The van der Waals surface area contributed by atoms with Crippen molar-refractivity contribution in [2.45, 2.75) is 12.1 Å². The smallest absolute Gasteiger partial charge is 0.276 e. The van der Waals surface area contributed by atoms with Crippen LogP contribution in [0.2, 0.25) is 10.0 Å². The topological polar surface area (TPSA) is 90.0 Å². The second-order valence-corrected chi connectivity index (χ2v) is 8.55. The lowest BCUT2D eigenvalue weighted by molar-refractivity contribution is -0.113. The number of rotatable bonds is 5. The Morgan fingerprint density at radius 2 is 2.17 bits per heavy atom. The number of halogens is 2. The third-order valence-electron chi connectivity index (χ3n) is 3.85. The Labute approximate surface area is 182 Å². The first-order valence-corrected chi connectivity index (χ1v) is 10.9. The molecule has 7 nitrogen and oxygen atoms in total. The number of aromatic nitrogens is 3. The van der Waals surface area contributed by atoms with E-state index in [-0.39, 0.29) is 22.2 Å². The van der Waals surface area contributed by atoms with Gasteiger partial charge < -0.3 is 9.84 Å². The van der Waals surface area contributed by atoms with Crippen molar-refractivity contribution in [1.82, 2.24) is 14.7 Å². The number of carbonyl (C=O) groups excluding carboxylic acids is 1. The number of benzene rings is 1. The highest BCUT2D eigenvalue weighted by molar-refractivity contribution is 7.99. The maximum absolute atomic E-state index is 13.1. The van der Waals surface area contributed by atoms with Crippen molar-refractivity contribution in [3.8, 4) is 5.69 Å². The molecule has 0 radical (unpaired) electrons. The molecule has 148 valence electrons. The average molecular weight is 467 g/mol. The number of hydrogen-bond acceptors (Lipinski definition) is 7. The summed E-state index contributed by atoms with van der Waals surface area (Å²) >= 11 is 14.9. The molecule has 4 aromatic rings. The molecule has 0 aliphatic carbocycles. The maximum Gasteiger partial charge on any atom is 0.276 e. The monoisotopic (exact) mass is 466 g/mol. The number of amides is 1. The molecule has 3 aromatic heterocycles. The van der Waals surface area contributed by atoms with Gasteiger partial charge in [-0.15, -0.1) is 11.3 Å². The number of hydrogen-bond donors (Lipinski definition) is 1. The van der Waals surface area contributed by atoms with E-state index < -0.39 is 0 Å². The van der Waals surface area contributed by atoms with Crippen LogP contribution in [-0.2, 0) is 4.79 Å². The highest BCUT2D eigenvalue weighted by Crippen LogP contribution is 2.31. The molecule has 0 aliphatic rings.